The minimum atomic E-state index is 0.0118. The average Bonchev–Trinajstić information content (AvgIpc) is 2.26. The number of nitrogens with one attached hydrogen (secondary N) is 1. The first kappa shape index (κ1) is 13.7. The molecule has 1 N–H and O–H groups in total. The molecule has 4 heteroatoms. The molecule has 0 saturated heterocycles. The summed E-state index contributed by atoms with van der Waals surface area (Å²) in [5.74, 6) is 0.629. The summed E-state index contributed by atoms with van der Waals surface area (Å²) in [6.07, 6.45) is 5.54. The van der Waals surface area contributed by atoms with Crippen molar-refractivity contribution in [2.24, 2.45) is 0 Å². The van der Waals surface area contributed by atoms with Crippen LogP contribution in [0.25, 0.3) is 0 Å². The van der Waals surface area contributed by atoms with Crippen molar-refractivity contribution in [3.05, 3.63) is 21.6 Å². The number of nitrogens with zero attached hydrogens (tertiary/aromatic N) is 2. The van der Waals surface area contributed by atoms with Crippen molar-refractivity contribution in [3.63, 3.8) is 0 Å². The highest BCUT2D eigenvalue weighted by molar-refractivity contribution is 5.30. The van der Waals surface area contributed by atoms with Gasteiger partial charge in [0.1, 0.15) is 0 Å². The van der Waals surface area contributed by atoms with Crippen molar-refractivity contribution in [1.29, 1.82) is 0 Å². The maximum atomic E-state index is 11.9. The van der Waals surface area contributed by atoms with E-state index >= 15 is 0 Å². The number of aromatic nitrogens is 2. The average molecular weight is 237 g/mol. The number of anilines is 1. The molecule has 1 rings (SSSR count). The minimum Gasteiger partial charge on any atom is -0.348 e. The summed E-state index contributed by atoms with van der Waals surface area (Å²) in [5.41, 5.74) is 1.71. The lowest BCUT2D eigenvalue weighted by molar-refractivity contribution is 0.660. The van der Waals surface area contributed by atoms with Crippen molar-refractivity contribution in [3.8, 4) is 0 Å². The van der Waals surface area contributed by atoms with Gasteiger partial charge in [0.15, 0.2) is 0 Å². The quantitative estimate of drug-likeness (QED) is 0.772. The second kappa shape index (κ2) is 6.42. The second-order valence-corrected chi connectivity index (χ2v) is 4.66. The van der Waals surface area contributed by atoms with Gasteiger partial charge >= 0.3 is 0 Å². The third-order valence-corrected chi connectivity index (χ3v) is 2.91. The van der Waals surface area contributed by atoms with Gasteiger partial charge in [0.2, 0.25) is 5.95 Å². The van der Waals surface area contributed by atoms with Gasteiger partial charge in [-0.25, -0.2) is 4.98 Å². The largest absolute Gasteiger partial charge is 0.348 e. The van der Waals surface area contributed by atoms with E-state index in [0.717, 1.165) is 24.1 Å². The van der Waals surface area contributed by atoms with Crippen molar-refractivity contribution < 1.29 is 0 Å². The minimum absolute atomic E-state index is 0.0118. The number of aromatic amines is 1. The van der Waals surface area contributed by atoms with Gasteiger partial charge in [0, 0.05) is 25.4 Å². The van der Waals surface area contributed by atoms with Crippen LogP contribution in [0.2, 0.25) is 0 Å². The lowest BCUT2D eigenvalue weighted by Crippen LogP contribution is -2.22. The van der Waals surface area contributed by atoms with Crippen LogP contribution in [0.4, 0.5) is 5.95 Å². The highest BCUT2D eigenvalue weighted by Gasteiger charge is 2.08. The molecular formula is C13H23N3O. The van der Waals surface area contributed by atoms with E-state index in [0.29, 0.717) is 5.95 Å². The smallest absolute Gasteiger partial charge is 0.255 e. The number of hydrogen-bond donors (Lipinski definition) is 1. The molecule has 4 nitrogen and oxygen atoms in total. The van der Waals surface area contributed by atoms with Gasteiger partial charge in [-0.1, -0.05) is 26.2 Å². The fraction of sp³-hybridized carbons (Fsp3) is 0.692. The van der Waals surface area contributed by atoms with Crippen LogP contribution in [0.1, 0.15) is 43.9 Å². The predicted molar refractivity (Wildman–Crippen MR) is 71.8 cm³/mol. The van der Waals surface area contributed by atoms with Crippen LogP contribution in [0.5, 0.6) is 0 Å². The van der Waals surface area contributed by atoms with Gasteiger partial charge in [-0.3, -0.25) is 9.78 Å². The SMILES string of the molecule is CCCCCCc1c(C)nc(N(C)C)[nH]c1=O. The summed E-state index contributed by atoms with van der Waals surface area (Å²) in [7, 11) is 3.75. The first-order valence-electron chi connectivity index (χ1n) is 6.33. The summed E-state index contributed by atoms with van der Waals surface area (Å²) in [6.45, 7) is 4.10. The van der Waals surface area contributed by atoms with Gasteiger partial charge < -0.3 is 4.90 Å². The molecule has 0 radical (unpaired) electrons. The third-order valence-electron chi connectivity index (χ3n) is 2.91. The molecule has 0 fully saturated rings. The molecule has 0 spiro atoms. The van der Waals surface area contributed by atoms with Crippen LogP contribution in [-0.2, 0) is 6.42 Å². The van der Waals surface area contributed by atoms with E-state index in [1.165, 1.54) is 19.3 Å². The standard InChI is InChI=1S/C13H23N3O/c1-5-6-7-8-9-11-10(2)14-13(16(3)4)15-12(11)17/h5-9H2,1-4H3,(H,14,15,17). The number of rotatable bonds is 6. The van der Waals surface area contributed by atoms with E-state index in [2.05, 4.69) is 16.9 Å². The Balaban J connectivity index is 2.76. The highest BCUT2D eigenvalue weighted by Crippen LogP contribution is 2.09. The molecule has 0 saturated carbocycles. The Morgan fingerprint density at radius 2 is 1.94 bits per heavy atom. The fourth-order valence-corrected chi connectivity index (χ4v) is 1.83. The molecule has 0 aliphatic carbocycles. The molecule has 0 bridgehead atoms. The van der Waals surface area contributed by atoms with Gasteiger partial charge in [-0.15, -0.1) is 0 Å². The first-order chi connectivity index (χ1) is 8.06. The maximum absolute atomic E-state index is 11.9. The van der Waals surface area contributed by atoms with Crippen molar-refractivity contribution in [2.75, 3.05) is 19.0 Å². The predicted octanol–water partition coefficient (Wildman–Crippen LogP) is 2.27. The zero-order valence-corrected chi connectivity index (χ0v) is 11.3. The van der Waals surface area contributed by atoms with Crippen LogP contribution in [0, 0.1) is 6.92 Å². The second-order valence-electron chi connectivity index (χ2n) is 4.66. The molecule has 17 heavy (non-hydrogen) atoms. The lowest BCUT2D eigenvalue weighted by Gasteiger charge is -2.12. The van der Waals surface area contributed by atoms with E-state index < -0.39 is 0 Å². The van der Waals surface area contributed by atoms with Crippen LogP contribution in [0.15, 0.2) is 4.79 Å². The van der Waals surface area contributed by atoms with Gasteiger partial charge in [0.25, 0.3) is 5.56 Å². The summed E-state index contributed by atoms with van der Waals surface area (Å²) in [4.78, 5) is 20.9. The Hall–Kier alpha value is -1.32. The van der Waals surface area contributed by atoms with Crippen LogP contribution in [-0.4, -0.2) is 24.1 Å². The molecule has 1 aromatic heterocycles. The summed E-state index contributed by atoms with van der Waals surface area (Å²) < 4.78 is 0. The molecular weight excluding hydrogens is 214 g/mol. The number of unbranched alkanes of at least 4 members (excludes halogenated alkanes) is 3. The third kappa shape index (κ3) is 3.88. The lowest BCUT2D eigenvalue weighted by atomic mass is 10.1. The molecule has 0 aromatic carbocycles. The van der Waals surface area contributed by atoms with E-state index in [4.69, 9.17) is 0 Å². The number of hydrogen-bond acceptors (Lipinski definition) is 3. The van der Waals surface area contributed by atoms with Crippen molar-refractivity contribution >= 4 is 5.95 Å². The molecule has 1 heterocycles. The number of H-pyrrole nitrogens is 1. The van der Waals surface area contributed by atoms with E-state index in [9.17, 15) is 4.79 Å². The molecule has 0 amide bonds. The Morgan fingerprint density at radius 1 is 1.24 bits per heavy atom. The molecule has 1 aromatic rings. The Morgan fingerprint density at radius 3 is 2.47 bits per heavy atom. The maximum Gasteiger partial charge on any atom is 0.255 e. The summed E-state index contributed by atoms with van der Waals surface area (Å²) in [5, 5.41) is 0. The molecule has 0 unspecified atom stereocenters. The monoisotopic (exact) mass is 237 g/mol. The molecule has 0 atom stereocenters. The highest BCUT2D eigenvalue weighted by atomic mass is 16.1. The van der Waals surface area contributed by atoms with Gasteiger partial charge in [-0.05, 0) is 19.8 Å². The van der Waals surface area contributed by atoms with Crippen LogP contribution >= 0.6 is 0 Å². The summed E-state index contributed by atoms with van der Waals surface area (Å²) >= 11 is 0. The van der Waals surface area contributed by atoms with Crippen LogP contribution < -0.4 is 10.5 Å². The normalized spacial score (nSPS) is 10.6. The van der Waals surface area contributed by atoms with Crippen molar-refractivity contribution in [1.82, 2.24) is 9.97 Å². The van der Waals surface area contributed by atoms with E-state index in [1.807, 2.05) is 25.9 Å². The van der Waals surface area contributed by atoms with Crippen LogP contribution in [0.3, 0.4) is 0 Å². The molecule has 0 aliphatic rings. The topological polar surface area (TPSA) is 49.0 Å². The van der Waals surface area contributed by atoms with E-state index in [1.54, 1.807) is 0 Å². The molecule has 96 valence electrons. The van der Waals surface area contributed by atoms with Crippen molar-refractivity contribution in [2.45, 2.75) is 46.0 Å². The van der Waals surface area contributed by atoms with E-state index in [-0.39, 0.29) is 5.56 Å². The Labute approximate surface area is 103 Å². The van der Waals surface area contributed by atoms with Gasteiger partial charge in [-0.2, -0.15) is 0 Å². The molecule has 0 aliphatic heterocycles. The van der Waals surface area contributed by atoms with Gasteiger partial charge in [0.05, 0.1) is 0 Å². The Bertz CT molecular complexity index is 410. The summed E-state index contributed by atoms with van der Waals surface area (Å²) in [6, 6.07) is 0. The first-order valence-corrected chi connectivity index (χ1v) is 6.33. The zero-order chi connectivity index (χ0) is 12.8. The zero-order valence-electron chi connectivity index (χ0n) is 11.3. The number of aryl methyl sites for hydroxylation is 1. The fourth-order valence-electron chi connectivity index (χ4n) is 1.83. The Kier molecular flexibility index (Phi) is 5.19.